The third-order valence-corrected chi connectivity index (χ3v) is 5.45. The Bertz CT molecular complexity index is 877. The summed E-state index contributed by atoms with van der Waals surface area (Å²) < 4.78 is 5.37. The zero-order valence-electron chi connectivity index (χ0n) is 17.3. The fourth-order valence-corrected chi connectivity index (χ4v) is 3.79. The number of fused-ring (bicyclic) bond motifs is 1. The Morgan fingerprint density at radius 2 is 1.97 bits per heavy atom. The third kappa shape index (κ3) is 4.95. The molecule has 6 nitrogen and oxygen atoms in total. The Labute approximate surface area is 172 Å². The van der Waals surface area contributed by atoms with Crippen LogP contribution in [-0.2, 0) is 11.2 Å². The Hall–Kier alpha value is -2.86. The van der Waals surface area contributed by atoms with Crippen LogP contribution in [0.25, 0.3) is 0 Å². The van der Waals surface area contributed by atoms with E-state index < -0.39 is 0 Å². The van der Waals surface area contributed by atoms with Gasteiger partial charge in [0.2, 0.25) is 5.91 Å². The number of ether oxygens (including phenoxy) is 1. The summed E-state index contributed by atoms with van der Waals surface area (Å²) in [6, 6.07) is 13.5. The summed E-state index contributed by atoms with van der Waals surface area (Å²) in [4.78, 5) is 26.6. The fraction of sp³-hybridized carbons (Fsp3) is 0.391. The van der Waals surface area contributed by atoms with Gasteiger partial charge in [-0.15, -0.1) is 0 Å². The van der Waals surface area contributed by atoms with E-state index in [-0.39, 0.29) is 17.9 Å². The van der Waals surface area contributed by atoms with Crippen LogP contribution in [0, 0.1) is 0 Å². The van der Waals surface area contributed by atoms with Crippen molar-refractivity contribution >= 4 is 17.5 Å². The van der Waals surface area contributed by atoms with Gasteiger partial charge >= 0.3 is 0 Å². The van der Waals surface area contributed by atoms with E-state index in [0.29, 0.717) is 24.9 Å². The van der Waals surface area contributed by atoms with E-state index in [9.17, 15) is 9.59 Å². The predicted octanol–water partition coefficient (Wildman–Crippen LogP) is 3.39. The zero-order valence-corrected chi connectivity index (χ0v) is 17.3. The topological polar surface area (TPSA) is 70.7 Å². The standard InChI is InChI=1S/C23H29N3O3/c1-4-26(5-2)21(17-7-6-8-19(14-17)29-3)15-24-23(28)18-9-11-20-16(13-18)10-12-22(27)25-20/h6-9,11,13-14,21H,4-5,10,12,15H2,1-3H3,(H,24,28)(H,25,27). The number of hydrogen-bond donors (Lipinski definition) is 2. The second kappa shape index (κ2) is 9.56. The van der Waals surface area contributed by atoms with E-state index in [2.05, 4.69) is 35.4 Å². The lowest BCUT2D eigenvalue weighted by Gasteiger charge is -2.30. The van der Waals surface area contributed by atoms with Gasteiger partial charge in [0.1, 0.15) is 5.75 Å². The fourth-order valence-electron chi connectivity index (χ4n) is 3.79. The quantitative estimate of drug-likeness (QED) is 0.719. The molecule has 0 aliphatic carbocycles. The average Bonchev–Trinajstić information content (AvgIpc) is 2.76. The van der Waals surface area contributed by atoms with Crippen molar-refractivity contribution in [3.63, 3.8) is 0 Å². The second-order valence-electron chi connectivity index (χ2n) is 7.14. The number of aryl methyl sites for hydroxylation is 1. The number of benzene rings is 2. The van der Waals surface area contributed by atoms with Crippen molar-refractivity contribution in [2.24, 2.45) is 0 Å². The maximum atomic E-state index is 12.8. The van der Waals surface area contributed by atoms with Crippen LogP contribution in [-0.4, -0.2) is 43.5 Å². The molecule has 2 aromatic carbocycles. The number of hydrogen-bond acceptors (Lipinski definition) is 4. The monoisotopic (exact) mass is 395 g/mol. The van der Waals surface area contributed by atoms with Gasteiger partial charge in [-0.2, -0.15) is 0 Å². The van der Waals surface area contributed by atoms with Crippen LogP contribution >= 0.6 is 0 Å². The lowest BCUT2D eigenvalue weighted by atomic mass is 10.00. The average molecular weight is 396 g/mol. The third-order valence-electron chi connectivity index (χ3n) is 5.45. The first-order valence-electron chi connectivity index (χ1n) is 10.1. The number of amides is 2. The lowest BCUT2D eigenvalue weighted by Crippen LogP contribution is -2.38. The van der Waals surface area contributed by atoms with E-state index >= 15 is 0 Å². The van der Waals surface area contributed by atoms with Crippen LogP contribution in [0.3, 0.4) is 0 Å². The highest BCUT2D eigenvalue weighted by Gasteiger charge is 2.21. The Morgan fingerprint density at radius 3 is 2.69 bits per heavy atom. The minimum Gasteiger partial charge on any atom is -0.497 e. The van der Waals surface area contributed by atoms with Crippen LogP contribution in [0.15, 0.2) is 42.5 Å². The molecule has 1 unspecified atom stereocenters. The summed E-state index contributed by atoms with van der Waals surface area (Å²) in [5.41, 5.74) is 3.53. The minimum atomic E-state index is -0.107. The van der Waals surface area contributed by atoms with Crippen molar-refractivity contribution in [1.29, 1.82) is 0 Å². The largest absolute Gasteiger partial charge is 0.497 e. The van der Waals surface area contributed by atoms with Crippen LogP contribution in [0.1, 0.15) is 47.8 Å². The molecule has 154 valence electrons. The Balaban J connectivity index is 1.75. The first-order valence-corrected chi connectivity index (χ1v) is 10.1. The molecule has 2 amide bonds. The SMILES string of the molecule is CCN(CC)C(CNC(=O)c1ccc2c(c1)CCC(=O)N2)c1cccc(OC)c1. The highest BCUT2D eigenvalue weighted by molar-refractivity contribution is 5.97. The molecule has 6 heteroatoms. The molecule has 3 rings (SSSR count). The van der Waals surface area contributed by atoms with Crippen molar-refractivity contribution in [2.75, 3.05) is 32.1 Å². The second-order valence-corrected chi connectivity index (χ2v) is 7.14. The molecule has 1 atom stereocenters. The number of methoxy groups -OCH3 is 1. The number of carbonyl (C=O) groups is 2. The maximum Gasteiger partial charge on any atom is 0.251 e. The maximum absolute atomic E-state index is 12.8. The molecule has 2 aromatic rings. The number of nitrogens with zero attached hydrogens (tertiary/aromatic N) is 1. The number of rotatable bonds is 8. The van der Waals surface area contributed by atoms with E-state index in [1.165, 1.54) is 0 Å². The highest BCUT2D eigenvalue weighted by atomic mass is 16.5. The van der Waals surface area contributed by atoms with E-state index in [4.69, 9.17) is 4.74 Å². The van der Waals surface area contributed by atoms with Crippen molar-refractivity contribution in [3.8, 4) is 5.75 Å². The Morgan fingerprint density at radius 1 is 1.17 bits per heavy atom. The summed E-state index contributed by atoms with van der Waals surface area (Å²) >= 11 is 0. The van der Waals surface area contributed by atoms with E-state index in [0.717, 1.165) is 35.7 Å². The molecule has 0 bridgehead atoms. The predicted molar refractivity (Wildman–Crippen MR) is 114 cm³/mol. The summed E-state index contributed by atoms with van der Waals surface area (Å²) in [6.45, 7) is 6.51. The number of carbonyl (C=O) groups excluding carboxylic acids is 2. The number of likely N-dealkylation sites (N-methyl/N-ethyl adjacent to an activating group) is 1. The van der Waals surface area contributed by atoms with Crippen molar-refractivity contribution in [1.82, 2.24) is 10.2 Å². The molecule has 2 N–H and O–H groups in total. The van der Waals surface area contributed by atoms with Gasteiger partial charge in [-0.05, 0) is 61.0 Å². The van der Waals surface area contributed by atoms with Gasteiger partial charge < -0.3 is 15.4 Å². The first kappa shape index (κ1) is 20.9. The lowest BCUT2D eigenvalue weighted by molar-refractivity contribution is -0.116. The van der Waals surface area contributed by atoms with Crippen molar-refractivity contribution in [2.45, 2.75) is 32.7 Å². The van der Waals surface area contributed by atoms with Crippen molar-refractivity contribution in [3.05, 3.63) is 59.2 Å². The van der Waals surface area contributed by atoms with Gasteiger partial charge in [0.15, 0.2) is 0 Å². The summed E-state index contributed by atoms with van der Waals surface area (Å²) in [6.07, 6.45) is 1.12. The molecular weight excluding hydrogens is 366 g/mol. The molecule has 1 aliphatic rings. The van der Waals surface area contributed by atoms with E-state index in [1.54, 1.807) is 13.2 Å². The van der Waals surface area contributed by atoms with Gasteiger partial charge in [-0.3, -0.25) is 14.5 Å². The highest BCUT2D eigenvalue weighted by Crippen LogP contribution is 2.25. The van der Waals surface area contributed by atoms with Gasteiger partial charge in [-0.1, -0.05) is 26.0 Å². The normalized spacial score (nSPS) is 14.1. The molecule has 0 aromatic heterocycles. The first-order chi connectivity index (χ1) is 14.0. The zero-order chi connectivity index (χ0) is 20.8. The Kier molecular flexibility index (Phi) is 6.88. The molecule has 29 heavy (non-hydrogen) atoms. The van der Waals surface area contributed by atoms with Crippen LogP contribution in [0.5, 0.6) is 5.75 Å². The van der Waals surface area contributed by atoms with E-state index in [1.807, 2.05) is 30.3 Å². The minimum absolute atomic E-state index is 0.0232. The van der Waals surface area contributed by atoms with Gasteiger partial charge in [0.25, 0.3) is 5.91 Å². The molecule has 0 saturated heterocycles. The summed E-state index contributed by atoms with van der Waals surface area (Å²) in [7, 11) is 1.66. The molecule has 1 heterocycles. The summed E-state index contributed by atoms with van der Waals surface area (Å²) in [5.74, 6) is 0.725. The number of anilines is 1. The van der Waals surface area contributed by atoms with Crippen LogP contribution in [0.2, 0.25) is 0 Å². The van der Waals surface area contributed by atoms with Gasteiger partial charge in [0.05, 0.1) is 13.2 Å². The van der Waals surface area contributed by atoms with Gasteiger partial charge in [0, 0.05) is 24.2 Å². The molecule has 0 spiro atoms. The van der Waals surface area contributed by atoms with Crippen LogP contribution < -0.4 is 15.4 Å². The van der Waals surface area contributed by atoms with Gasteiger partial charge in [-0.25, -0.2) is 0 Å². The van der Waals surface area contributed by atoms with Crippen LogP contribution in [0.4, 0.5) is 5.69 Å². The molecule has 1 aliphatic heterocycles. The smallest absolute Gasteiger partial charge is 0.251 e. The number of nitrogens with one attached hydrogen (secondary N) is 2. The molecule has 0 radical (unpaired) electrons. The van der Waals surface area contributed by atoms with Crippen molar-refractivity contribution < 1.29 is 14.3 Å². The molecular formula is C23H29N3O3. The molecule has 0 fully saturated rings. The summed E-state index contributed by atoms with van der Waals surface area (Å²) in [5, 5.41) is 5.94. The molecule has 0 saturated carbocycles.